The monoisotopic (exact) mass is 520 g/mol. The summed E-state index contributed by atoms with van der Waals surface area (Å²) in [7, 11) is -4.06. The number of carbonyl (C=O) groups is 1. The Balaban J connectivity index is 1.78. The van der Waals surface area contributed by atoms with E-state index in [1.807, 2.05) is 0 Å². The van der Waals surface area contributed by atoms with Gasteiger partial charge in [0, 0.05) is 34.3 Å². The highest BCUT2D eigenvalue weighted by molar-refractivity contribution is 7.89. The zero-order valence-electron chi connectivity index (χ0n) is 17.5. The second-order valence-electron chi connectivity index (χ2n) is 7.00. The largest absolute Gasteiger partial charge is 0.272 e. The number of nitrogens with zero attached hydrogens (tertiary/aromatic N) is 3. The van der Waals surface area contributed by atoms with Gasteiger partial charge in [0.05, 0.1) is 22.6 Å². The molecular weight excluding hydrogens is 503 g/mol. The van der Waals surface area contributed by atoms with Gasteiger partial charge < -0.3 is 0 Å². The second kappa shape index (κ2) is 11.2. The van der Waals surface area contributed by atoms with Crippen molar-refractivity contribution in [2.75, 3.05) is 6.54 Å². The van der Waals surface area contributed by atoms with Crippen molar-refractivity contribution >= 4 is 51.0 Å². The van der Waals surface area contributed by atoms with Crippen LogP contribution in [-0.2, 0) is 21.4 Å². The molecule has 1 amide bonds. The van der Waals surface area contributed by atoms with Crippen LogP contribution in [0.3, 0.4) is 0 Å². The summed E-state index contributed by atoms with van der Waals surface area (Å²) < 4.78 is 27.4. The van der Waals surface area contributed by atoms with E-state index in [9.17, 15) is 23.3 Å². The summed E-state index contributed by atoms with van der Waals surface area (Å²) in [6, 6.07) is 17.8. The van der Waals surface area contributed by atoms with Crippen molar-refractivity contribution in [1.82, 2.24) is 9.73 Å². The maximum absolute atomic E-state index is 13.2. The average Bonchev–Trinajstić information content (AvgIpc) is 2.80. The van der Waals surface area contributed by atoms with Crippen molar-refractivity contribution in [3.05, 3.63) is 104 Å². The fraction of sp³-hybridized carbons (Fsp3) is 0.0909. The highest BCUT2D eigenvalue weighted by atomic mass is 35.5. The number of sulfonamides is 1. The van der Waals surface area contributed by atoms with Gasteiger partial charge >= 0.3 is 0 Å². The number of amides is 1. The lowest BCUT2D eigenvalue weighted by Gasteiger charge is -2.21. The minimum atomic E-state index is -4.06. The molecule has 3 rings (SSSR count). The number of rotatable bonds is 9. The maximum Gasteiger partial charge on any atom is 0.270 e. The minimum Gasteiger partial charge on any atom is -0.272 e. The van der Waals surface area contributed by atoms with Crippen LogP contribution in [0.25, 0.3) is 0 Å². The van der Waals surface area contributed by atoms with E-state index in [0.717, 1.165) is 4.31 Å². The van der Waals surface area contributed by atoms with Crippen molar-refractivity contribution in [3.63, 3.8) is 0 Å². The molecule has 34 heavy (non-hydrogen) atoms. The van der Waals surface area contributed by atoms with Gasteiger partial charge in [-0.25, -0.2) is 13.8 Å². The minimum absolute atomic E-state index is 0.0289. The number of nitro benzene ring substituents is 1. The number of nitro groups is 1. The summed E-state index contributed by atoms with van der Waals surface area (Å²) >= 11 is 11.8. The Labute approximate surface area is 205 Å². The van der Waals surface area contributed by atoms with Crippen molar-refractivity contribution in [3.8, 4) is 0 Å². The molecule has 0 aromatic heterocycles. The normalized spacial score (nSPS) is 11.6. The molecule has 0 radical (unpaired) electrons. The topological polar surface area (TPSA) is 122 Å². The van der Waals surface area contributed by atoms with Crippen LogP contribution in [-0.4, -0.2) is 36.3 Å². The van der Waals surface area contributed by atoms with Gasteiger partial charge in [0.1, 0.15) is 0 Å². The summed E-state index contributed by atoms with van der Waals surface area (Å²) in [6.07, 6.45) is 1.22. The number of hydrogen-bond donors (Lipinski definition) is 1. The Hall–Kier alpha value is -3.31. The molecular formula is C22H18Cl2N4O5S. The summed E-state index contributed by atoms with van der Waals surface area (Å²) in [5.41, 5.74) is 3.13. The van der Waals surface area contributed by atoms with Crippen molar-refractivity contribution < 1.29 is 18.1 Å². The Morgan fingerprint density at radius 3 is 2.26 bits per heavy atom. The Bertz CT molecular complexity index is 1310. The number of nitrogens with one attached hydrogen (secondary N) is 1. The molecule has 0 heterocycles. The van der Waals surface area contributed by atoms with Crippen molar-refractivity contribution in [2.45, 2.75) is 11.4 Å². The predicted octanol–water partition coefficient (Wildman–Crippen LogP) is 4.24. The van der Waals surface area contributed by atoms with Gasteiger partial charge in [-0.3, -0.25) is 14.9 Å². The van der Waals surface area contributed by atoms with Crippen LogP contribution < -0.4 is 5.43 Å². The average molecular weight is 521 g/mol. The molecule has 176 valence electrons. The van der Waals surface area contributed by atoms with E-state index in [4.69, 9.17) is 23.2 Å². The van der Waals surface area contributed by atoms with Gasteiger partial charge in [-0.15, -0.1) is 0 Å². The fourth-order valence-corrected chi connectivity index (χ4v) is 4.50. The molecule has 0 fully saturated rings. The van der Waals surface area contributed by atoms with E-state index in [1.54, 1.807) is 30.3 Å². The van der Waals surface area contributed by atoms with Crippen LogP contribution in [0.5, 0.6) is 0 Å². The Morgan fingerprint density at radius 2 is 1.65 bits per heavy atom. The first-order chi connectivity index (χ1) is 16.1. The second-order valence-corrected chi connectivity index (χ2v) is 9.81. The van der Waals surface area contributed by atoms with Gasteiger partial charge in [-0.05, 0) is 42.0 Å². The zero-order valence-corrected chi connectivity index (χ0v) is 19.8. The summed E-state index contributed by atoms with van der Waals surface area (Å²) in [4.78, 5) is 22.8. The molecule has 0 saturated heterocycles. The molecule has 0 bridgehead atoms. The van der Waals surface area contributed by atoms with Crippen LogP contribution in [0.2, 0.25) is 10.0 Å². The molecule has 9 nitrogen and oxygen atoms in total. The molecule has 0 unspecified atom stereocenters. The predicted molar refractivity (Wildman–Crippen MR) is 129 cm³/mol. The summed E-state index contributed by atoms with van der Waals surface area (Å²) in [5.74, 6) is -0.701. The first kappa shape index (κ1) is 25.3. The third-order valence-electron chi connectivity index (χ3n) is 4.53. The summed E-state index contributed by atoms with van der Waals surface area (Å²) in [6.45, 7) is -0.621. The molecule has 3 aromatic carbocycles. The molecule has 1 N–H and O–H groups in total. The van der Waals surface area contributed by atoms with Gasteiger partial charge in [0.2, 0.25) is 10.0 Å². The highest BCUT2D eigenvalue weighted by Gasteiger charge is 2.27. The number of non-ortho nitro benzene ring substituents is 1. The lowest BCUT2D eigenvalue weighted by Crippen LogP contribution is -2.39. The van der Waals surface area contributed by atoms with Gasteiger partial charge in [0.15, 0.2) is 0 Å². The molecule has 0 aliphatic carbocycles. The third-order valence-corrected chi connectivity index (χ3v) is 6.84. The standard InChI is InChI=1S/C22H18Cl2N4O5S/c23-18-6-4-16(5-7-18)14-27(34(32,33)21-10-8-19(24)9-11-21)15-22(29)26-25-13-17-2-1-3-20(12-17)28(30)31/h1-13H,14-15H2,(H,26,29)/b25-13-. The van der Waals surface area contributed by atoms with Gasteiger partial charge in [-0.1, -0.05) is 47.5 Å². The SMILES string of the molecule is O=C(CN(Cc1ccc(Cl)cc1)S(=O)(=O)c1ccc(Cl)cc1)N/N=C\c1cccc([N+](=O)[O-])c1. The van der Waals surface area contributed by atoms with Crippen LogP contribution in [0, 0.1) is 10.1 Å². The third kappa shape index (κ3) is 6.84. The number of carbonyl (C=O) groups excluding carboxylic acids is 1. The van der Waals surface area contributed by atoms with Crippen LogP contribution >= 0.6 is 23.2 Å². The number of hydrogen-bond acceptors (Lipinski definition) is 6. The van der Waals surface area contributed by atoms with Gasteiger partial charge in [-0.2, -0.15) is 9.41 Å². The Morgan fingerprint density at radius 1 is 1.03 bits per heavy atom. The quantitative estimate of drug-likeness (QED) is 0.256. The maximum atomic E-state index is 13.2. The molecule has 0 spiro atoms. The van der Waals surface area contributed by atoms with E-state index in [2.05, 4.69) is 10.5 Å². The number of hydrazone groups is 1. The first-order valence-electron chi connectivity index (χ1n) is 9.72. The smallest absolute Gasteiger partial charge is 0.270 e. The van der Waals surface area contributed by atoms with E-state index in [1.165, 1.54) is 48.7 Å². The lowest BCUT2D eigenvalue weighted by molar-refractivity contribution is -0.384. The van der Waals surface area contributed by atoms with Crippen LogP contribution in [0.1, 0.15) is 11.1 Å². The zero-order chi connectivity index (χ0) is 24.7. The number of benzene rings is 3. The highest BCUT2D eigenvalue weighted by Crippen LogP contribution is 2.21. The molecule has 12 heteroatoms. The van der Waals surface area contributed by atoms with E-state index < -0.39 is 27.4 Å². The molecule has 0 aliphatic rings. The van der Waals surface area contributed by atoms with Crippen molar-refractivity contribution in [2.24, 2.45) is 5.10 Å². The molecule has 0 aliphatic heterocycles. The fourth-order valence-electron chi connectivity index (χ4n) is 2.87. The Kier molecular flexibility index (Phi) is 8.35. The van der Waals surface area contributed by atoms with Crippen molar-refractivity contribution in [1.29, 1.82) is 0 Å². The number of halogens is 2. The molecule has 3 aromatic rings. The summed E-state index contributed by atoms with van der Waals surface area (Å²) in [5, 5.41) is 15.5. The first-order valence-corrected chi connectivity index (χ1v) is 11.9. The van der Waals surface area contributed by atoms with Crippen LogP contribution in [0.4, 0.5) is 5.69 Å². The lowest BCUT2D eigenvalue weighted by atomic mass is 10.2. The molecule has 0 saturated carbocycles. The molecule has 0 atom stereocenters. The van der Waals surface area contributed by atoms with E-state index in [0.29, 0.717) is 21.2 Å². The van der Waals surface area contributed by atoms with E-state index >= 15 is 0 Å². The van der Waals surface area contributed by atoms with Gasteiger partial charge in [0.25, 0.3) is 11.6 Å². The van der Waals surface area contributed by atoms with Crippen LogP contribution in [0.15, 0.2) is 82.8 Å². The van der Waals surface area contributed by atoms with E-state index in [-0.39, 0.29) is 17.1 Å².